The molecule has 17 heavy (non-hydrogen) atoms. The molecule has 0 aliphatic rings. The zero-order valence-electron chi connectivity index (χ0n) is 10.6. The van der Waals surface area contributed by atoms with E-state index in [9.17, 15) is 9.90 Å². The summed E-state index contributed by atoms with van der Waals surface area (Å²) in [5.74, 6) is 0.354. The number of nitrogens with zero attached hydrogens (tertiary/aromatic N) is 1. The monoisotopic (exact) mass is 235 g/mol. The van der Waals surface area contributed by atoms with Gasteiger partial charge in [0.25, 0.3) is 0 Å². The highest BCUT2D eigenvalue weighted by atomic mass is 16.3. The largest absolute Gasteiger partial charge is 0.508 e. The Kier molecular flexibility index (Phi) is 5.53. The second-order valence-electron chi connectivity index (χ2n) is 4.23. The van der Waals surface area contributed by atoms with Crippen LogP contribution >= 0.6 is 0 Å². The molecular weight excluding hydrogens is 214 g/mol. The molecule has 1 rings (SSSR count). The number of hydrogen-bond acceptors (Lipinski definition) is 2. The lowest BCUT2D eigenvalue weighted by atomic mass is 10.1. The fraction of sp³-hybridized carbons (Fsp3) is 0.500. The molecule has 0 spiro atoms. The summed E-state index contributed by atoms with van der Waals surface area (Å²) in [7, 11) is 0. The van der Waals surface area contributed by atoms with E-state index in [1.807, 2.05) is 11.0 Å². The second-order valence-corrected chi connectivity index (χ2v) is 4.23. The van der Waals surface area contributed by atoms with E-state index in [2.05, 4.69) is 13.8 Å². The number of phenols is 1. The molecule has 0 saturated carbocycles. The third-order valence-corrected chi connectivity index (χ3v) is 2.61. The van der Waals surface area contributed by atoms with Crippen LogP contribution in [0, 0.1) is 0 Å². The molecule has 0 aliphatic heterocycles. The van der Waals surface area contributed by atoms with Gasteiger partial charge in [-0.15, -0.1) is 0 Å². The van der Waals surface area contributed by atoms with Gasteiger partial charge in [0.1, 0.15) is 5.75 Å². The summed E-state index contributed by atoms with van der Waals surface area (Å²) in [6, 6.07) is 6.90. The zero-order chi connectivity index (χ0) is 12.7. The van der Waals surface area contributed by atoms with Crippen molar-refractivity contribution in [2.75, 3.05) is 13.1 Å². The summed E-state index contributed by atoms with van der Waals surface area (Å²) < 4.78 is 0. The first-order chi connectivity index (χ1) is 8.17. The van der Waals surface area contributed by atoms with Crippen LogP contribution in [0.15, 0.2) is 24.3 Å². The smallest absolute Gasteiger partial charge is 0.226 e. The topological polar surface area (TPSA) is 40.5 Å². The fourth-order valence-corrected chi connectivity index (χ4v) is 1.85. The SMILES string of the molecule is CCCN(CCC)C(=O)Cc1cccc(O)c1. The van der Waals surface area contributed by atoms with Gasteiger partial charge in [0.2, 0.25) is 5.91 Å². The predicted molar refractivity (Wildman–Crippen MR) is 69.0 cm³/mol. The number of aromatic hydroxyl groups is 1. The van der Waals surface area contributed by atoms with E-state index in [0.29, 0.717) is 6.42 Å². The maximum absolute atomic E-state index is 12.0. The first-order valence-corrected chi connectivity index (χ1v) is 6.23. The number of amides is 1. The summed E-state index contributed by atoms with van der Waals surface area (Å²) in [6.07, 6.45) is 2.33. The Balaban J connectivity index is 2.62. The van der Waals surface area contributed by atoms with E-state index in [1.54, 1.807) is 18.2 Å². The molecule has 1 aromatic rings. The molecule has 0 aromatic heterocycles. The van der Waals surface area contributed by atoms with Crippen LogP contribution < -0.4 is 0 Å². The highest BCUT2D eigenvalue weighted by molar-refractivity contribution is 5.78. The van der Waals surface area contributed by atoms with E-state index in [-0.39, 0.29) is 11.7 Å². The van der Waals surface area contributed by atoms with Crippen LogP contribution in [0.5, 0.6) is 5.75 Å². The third kappa shape index (κ3) is 4.47. The molecule has 0 radical (unpaired) electrons. The molecule has 1 aromatic carbocycles. The second kappa shape index (κ2) is 6.94. The van der Waals surface area contributed by atoms with Gasteiger partial charge in [0.15, 0.2) is 0 Å². The minimum absolute atomic E-state index is 0.138. The van der Waals surface area contributed by atoms with Gasteiger partial charge in [-0.25, -0.2) is 0 Å². The van der Waals surface area contributed by atoms with Crippen LogP contribution in [0.4, 0.5) is 0 Å². The van der Waals surface area contributed by atoms with Gasteiger partial charge in [-0.3, -0.25) is 4.79 Å². The molecule has 94 valence electrons. The first kappa shape index (κ1) is 13.6. The highest BCUT2D eigenvalue weighted by Gasteiger charge is 2.12. The number of rotatable bonds is 6. The molecule has 3 heteroatoms. The van der Waals surface area contributed by atoms with Crippen molar-refractivity contribution >= 4 is 5.91 Å². The van der Waals surface area contributed by atoms with Crippen LogP contribution in [0.3, 0.4) is 0 Å². The van der Waals surface area contributed by atoms with Crippen LogP contribution in [-0.2, 0) is 11.2 Å². The molecule has 0 bridgehead atoms. The quantitative estimate of drug-likeness (QED) is 0.823. The molecule has 1 amide bonds. The van der Waals surface area contributed by atoms with Crippen molar-refractivity contribution in [2.45, 2.75) is 33.1 Å². The minimum atomic E-state index is 0.138. The Morgan fingerprint density at radius 3 is 2.41 bits per heavy atom. The summed E-state index contributed by atoms with van der Waals surface area (Å²) in [5, 5.41) is 9.35. The molecule has 0 saturated heterocycles. The van der Waals surface area contributed by atoms with Gasteiger partial charge in [-0.1, -0.05) is 26.0 Å². The molecule has 3 nitrogen and oxygen atoms in total. The Hall–Kier alpha value is -1.51. The molecule has 0 fully saturated rings. The lowest BCUT2D eigenvalue weighted by molar-refractivity contribution is -0.130. The van der Waals surface area contributed by atoms with E-state index in [0.717, 1.165) is 31.5 Å². The Morgan fingerprint density at radius 1 is 1.24 bits per heavy atom. The summed E-state index contributed by atoms with van der Waals surface area (Å²) in [6.45, 7) is 5.77. The Bertz CT molecular complexity index is 357. The molecule has 0 unspecified atom stereocenters. The van der Waals surface area contributed by atoms with E-state index >= 15 is 0 Å². The van der Waals surface area contributed by atoms with Crippen molar-refractivity contribution in [1.29, 1.82) is 0 Å². The number of benzene rings is 1. The summed E-state index contributed by atoms with van der Waals surface area (Å²) in [5.41, 5.74) is 0.868. The zero-order valence-corrected chi connectivity index (χ0v) is 10.6. The lowest BCUT2D eigenvalue weighted by Gasteiger charge is -2.21. The number of hydrogen-bond donors (Lipinski definition) is 1. The number of phenolic OH excluding ortho intramolecular Hbond substituents is 1. The molecule has 0 aliphatic carbocycles. The summed E-state index contributed by atoms with van der Waals surface area (Å²) >= 11 is 0. The van der Waals surface area contributed by atoms with Gasteiger partial charge in [-0.05, 0) is 30.5 Å². The van der Waals surface area contributed by atoms with Crippen LogP contribution in [-0.4, -0.2) is 29.0 Å². The molecule has 0 heterocycles. The van der Waals surface area contributed by atoms with Crippen LogP contribution in [0.2, 0.25) is 0 Å². The molecule has 0 atom stereocenters. The van der Waals surface area contributed by atoms with Crippen molar-refractivity contribution in [1.82, 2.24) is 4.90 Å². The average Bonchev–Trinajstić information content (AvgIpc) is 2.28. The number of carbonyl (C=O) groups excluding carboxylic acids is 1. The average molecular weight is 235 g/mol. The van der Waals surface area contributed by atoms with Crippen LogP contribution in [0.1, 0.15) is 32.3 Å². The minimum Gasteiger partial charge on any atom is -0.508 e. The van der Waals surface area contributed by atoms with E-state index in [4.69, 9.17) is 0 Å². The lowest BCUT2D eigenvalue weighted by Crippen LogP contribution is -2.33. The van der Waals surface area contributed by atoms with E-state index in [1.165, 1.54) is 0 Å². The van der Waals surface area contributed by atoms with Crippen molar-refractivity contribution in [2.24, 2.45) is 0 Å². The van der Waals surface area contributed by atoms with Crippen molar-refractivity contribution in [3.05, 3.63) is 29.8 Å². The first-order valence-electron chi connectivity index (χ1n) is 6.23. The van der Waals surface area contributed by atoms with E-state index < -0.39 is 0 Å². The third-order valence-electron chi connectivity index (χ3n) is 2.61. The van der Waals surface area contributed by atoms with Gasteiger partial charge >= 0.3 is 0 Å². The van der Waals surface area contributed by atoms with Crippen molar-refractivity contribution < 1.29 is 9.90 Å². The maximum Gasteiger partial charge on any atom is 0.226 e. The normalized spacial score (nSPS) is 10.2. The highest BCUT2D eigenvalue weighted by Crippen LogP contribution is 2.12. The van der Waals surface area contributed by atoms with Crippen LogP contribution in [0.25, 0.3) is 0 Å². The predicted octanol–water partition coefficient (Wildman–Crippen LogP) is 2.58. The van der Waals surface area contributed by atoms with Crippen molar-refractivity contribution in [3.8, 4) is 5.75 Å². The molecule has 1 N–H and O–H groups in total. The molecular formula is C14H21NO2. The number of carbonyl (C=O) groups is 1. The standard InChI is InChI=1S/C14H21NO2/c1-3-8-15(9-4-2)14(17)11-12-6-5-7-13(16)10-12/h5-7,10,16H,3-4,8-9,11H2,1-2H3. The maximum atomic E-state index is 12.0. The Morgan fingerprint density at radius 2 is 1.88 bits per heavy atom. The van der Waals surface area contributed by atoms with Crippen molar-refractivity contribution in [3.63, 3.8) is 0 Å². The Labute approximate surface area is 103 Å². The fourth-order valence-electron chi connectivity index (χ4n) is 1.85. The van der Waals surface area contributed by atoms with Gasteiger partial charge < -0.3 is 10.0 Å². The van der Waals surface area contributed by atoms with Gasteiger partial charge in [-0.2, -0.15) is 0 Å². The summed E-state index contributed by atoms with van der Waals surface area (Å²) in [4.78, 5) is 13.9. The van der Waals surface area contributed by atoms with Gasteiger partial charge in [0, 0.05) is 13.1 Å². The van der Waals surface area contributed by atoms with Gasteiger partial charge in [0.05, 0.1) is 6.42 Å².